The number of thiophene rings is 1. The number of nitrogens with one attached hydrogen (secondary N) is 1. The van der Waals surface area contributed by atoms with Crippen molar-refractivity contribution in [2.75, 3.05) is 18.1 Å². The van der Waals surface area contributed by atoms with E-state index in [-0.39, 0.29) is 15.7 Å². The summed E-state index contributed by atoms with van der Waals surface area (Å²) in [4.78, 5) is 0. The third-order valence-electron chi connectivity index (χ3n) is 4.71. The minimum Gasteiger partial charge on any atom is -0.311 e. The lowest BCUT2D eigenvalue weighted by Gasteiger charge is -2.20. The fraction of sp³-hybridized carbons (Fsp3) is 0.625. The zero-order valence-electron chi connectivity index (χ0n) is 13.5. The van der Waals surface area contributed by atoms with Crippen LogP contribution in [0, 0.1) is 0 Å². The summed E-state index contributed by atoms with van der Waals surface area (Å²) >= 11 is 1.15. The van der Waals surface area contributed by atoms with Gasteiger partial charge >= 0.3 is 0 Å². The topological polar surface area (TPSA) is 80.3 Å². The van der Waals surface area contributed by atoms with Gasteiger partial charge in [0.05, 0.1) is 16.8 Å². The summed E-state index contributed by atoms with van der Waals surface area (Å²) in [5, 5.41) is 4.02. The van der Waals surface area contributed by atoms with Crippen LogP contribution in [0.4, 0.5) is 0 Å². The van der Waals surface area contributed by atoms with Crippen LogP contribution in [0.5, 0.6) is 0 Å². The van der Waals surface area contributed by atoms with Gasteiger partial charge in [0, 0.05) is 6.04 Å². The van der Waals surface area contributed by atoms with E-state index in [1.165, 1.54) is 18.4 Å². The smallest absolute Gasteiger partial charge is 0.193 e. The van der Waals surface area contributed by atoms with Gasteiger partial charge in [-0.25, -0.2) is 16.8 Å². The summed E-state index contributed by atoms with van der Waals surface area (Å²) in [6, 6.07) is 2.71. The summed E-state index contributed by atoms with van der Waals surface area (Å²) in [5.41, 5.74) is 1.40. The van der Waals surface area contributed by atoms with Gasteiger partial charge in [-0.3, -0.25) is 0 Å². The lowest BCUT2D eigenvalue weighted by Crippen LogP contribution is -2.43. The molecule has 24 heavy (non-hydrogen) atoms. The minimum absolute atomic E-state index is 0.0959. The van der Waals surface area contributed by atoms with Gasteiger partial charge in [-0.1, -0.05) is 17.7 Å². The Kier molecular flexibility index (Phi) is 5.48. The van der Waals surface area contributed by atoms with Crippen molar-refractivity contribution in [1.82, 2.24) is 5.32 Å². The summed E-state index contributed by atoms with van der Waals surface area (Å²) < 4.78 is 49.8. The van der Waals surface area contributed by atoms with E-state index in [0.29, 0.717) is 6.54 Å². The first-order valence-electron chi connectivity index (χ1n) is 8.28. The molecule has 0 saturated carbocycles. The molecule has 1 aromatic heterocycles. The quantitative estimate of drug-likeness (QED) is 0.754. The fourth-order valence-electron chi connectivity index (χ4n) is 3.44. The molecule has 0 unspecified atom stereocenters. The molecule has 1 fully saturated rings. The highest BCUT2D eigenvalue weighted by Gasteiger charge is 2.45. The lowest BCUT2D eigenvalue weighted by molar-refractivity contribution is 0.524. The molecule has 2 atom stereocenters. The molecule has 5 nitrogen and oxygen atoms in total. The van der Waals surface area contributed by atoms with Crippen LogP contribution in [-0.2, 0) is 19.7 Å². The monoisotopic (exact) mass is 389 g/mol. The van der Waals surface area contributed by atoms with Gasteiger partial charge < -0.3 is 5.32 Å². The maximum Gasteiger partial charge on any atom is 0.193 e. The highest BCUT2D eigenvalue weighted by atomic mass is 32.2. The average molecular weight is 390 g/mol. The maximum atomic E-state index is 12.8. The van der Waals surface area contributed by atoms with Crippen LogP contribution in [-0.4, -0.2) is 46.2 Å². The van der Waals surface area contributed by atoms with Gasteiger partial charge in [0.2, 0.25) is 0 Å². The van der Waals surface area contributed by atoms with Crippen molar-refractivity contribution in [3.8, 4) is 0 Å². The van der Waals surface area contributed by atoms with E-state index < -0.39 is 31.0 Å². The molecule has 1 N–H and O–H groups in total. The van der Waals surface area contributed by atoms with Gasteiger partial charge in [0.1, 0.15) is 4.21 Å². The summed E-state index contributed by atoms with van der Waals surface area (Å²) in [7, 11) is -6.93. The molecule has 0 amide bonds. The van der Waals surface area contributed by atoms with Crippen molar-refractivity contribution in [1.29, 1.82) is 0 Å². The Morgan fingerprint density at radius 3 is 2.75 bits per heavy atom. The first-order valence-corrected chi connectivity index (χ1v) is 12.5. The largest absolute Gasteiger partial charge is 0.311 e. The minimum atomic E-state index is -3.61. The molecule has 0 bridgehead atoms. The molecule has 2 aliphatic rings. The zero-order chi connectivity index (χ0) is 17.2. The second-order valence-corrected chi connectivity index (χ2v) is 12.0. The molecule has 0 radical (unpaired) electrons. The van der Waals surface area contributed by atoms with Crippen LogP contribution in [0.2, 0.25) is 0 Å². The van der Waals surface area contributed by atoms with E-state index in [4.69, 9.17) is 0 Å². The van der Waals surface area contributed by atoms with Crippen LogP contribution in [0.25, 0.3) is 0 Å². The molecule has 3 rings (SSSR count). The van der Waals surface area contributed by atoms with Crippen LogP contribution >= 0.6 is 11.3 Å². The third kappa shape index (κ3) is 4.09. The first kappa shape index (κ1) is 18.1. The molecule has 1 aliphatic heterocycles. The molecule has 134 valence electrons. The molecule has 1 aliphatic carbocycles. The first-order chi connectivity index (χ1) is 11.4. The van der Waals surface area contributed by atoms with E-state index in [1.54, 1.807) is 17.5 Å². The van der Waals surface area contributed by atoms with E-state index >= 15 is 0 Å². The van der Waals surface area contributed by atoms with Gasteiger partial charge in [-0.15, -0.1) is 11.3 Å². The van der Waals surface area contributed by atoms with Crippen molar-refractivity contribution in [2.24, 2.45) is 0 Å². The number of sulfone groups is 2. The standard InChI is InChI=1S/C16H23NO4S3/c18-23(19)11-14(17-9-8-13-5-2-1-3-6-13)15(12-23)24(20,21)16-7-4-10-22-16/h4-5,7,10,14-15,17H,1-3,6,8-9,11-12H2/t14-,15-/m0/s1. The van der Waals surface area contributed by atoms with Crippen LogP contribution in [0.15, 0.2) is 33.4 Å². The van der Waals surface area contributed by atoms with Crippen molar-refractivity contribution in [2.45, 2.75) is 47.6 Å². The Morgan fingerprint density at radius 2 is 2.08 bits per heavy atom. The molecule has 2 heterocycles. The normalized spacial score (nSPS) is 27.1. The summed E-state index contributed by atoms with van der Waals surface area (Å²) in [5.74, 6) is -0.380. The Labute approximate surface area is 148 Å². The van der Waals surface area contributed by atoms with Crippen molar-refractivity contribution >= 4 is 31.0 Å². The third-order valence-corrected chi connectivity index (χ3v) is 10.3. The number of allylic oxidation sites excluding steroid dienone is 1. The highest BCUT2D eigenvalue weighted by Crippen LogP contribution is 2.28. The SMILES string of the molecule is O=S1(=O)C[C@H](NCCC2=CCCCC2)[C@@H](S(=O)(=O)c2cccs2)C1. The lowest BCUT2D eigenvalue weighted by atomic mass is 9.97. The number of hydrogen-bond donors (Lipinski definition) is 1. The molecule has 1 saturated heterocycles. The van der Waals surface area contributed by atoms with Crippen molar-refractivity contribution in [3.05, 3.63) is 29.2 Å². The van der Waals surface area contributed by atoms with E-state index in [2.05, 4.69) is 11.4 Å². The summed E-state index contributed by atoms with van der Waals surface area (Å²) in [6.07, 6.45) is 7.78. The van der Waals surface area contributed by atoms with E-state index in [0.717, 1.165) is 30.6 Å². The highest BCUT2D eigenvalue weighted by molar-refractivity contribution is 7.97. The van der Waals surface area contributed by atoms with Gasteiger partial charge in [0.25, 0.3) is 0 Å². The Bertz CT molecular complexity index is 794. The molecular formula is C16H23NO4S3. The predicted octanol–water partition coefficient (Wildman–Crippen LogP) is 2.17. The Hall–Kier alpha value is -0.700. The van der Waals surface area contributed by atoms with Gasteiger partial charge in [-0.2, -0.15) is 0 Å². The number of rotatable bonds is 6. The average Bonchev–Trinajstić information content (AvgIpc) is 3.17. The van der Waals surface area contributed by atoms with Crippen molar-refractivity contribution in [3.63, 3.8) is 0 Å². The predicted molar refractivity (Wildman–Crippen MR) is 96.9 cm³/mol. The molecular weight excluding hydrogens is 366 g/mol. The zero-order valence-corrected chi connectivity index (χ0v) is 15.9. The second kappa shape index (κ2) is 7.27. The van der Waals surface area contributed by atoms with E-state index in [9.17, 15) is 16.8 Å². The van der Waals surface area contributed by atoms with Crippen LogP contribution in [0.3, 0.4) is 0 Å². The molecule has 0 spiro atoms. The van der Waals surface area contributed by atoms with Crippen LogP contribution in [0.1, 0.15) is 32.1 Å². The molecule has 8 heteroatoms. The Balaban J connectivity index is 1.69. The maximum absolute atomic E-state index is 12.8. The molecule has 0 aromatic carbocycles. The van der Waals surface area contributed by atoms with Gasteiger partial charge in [-0.05, 0) is 50.1 Å². The van der Waals surface area contributed by atoms with Gasteiger partial charge in [0.15, 0.2) is 19.7 Å². The van der Waals surface area contributed by atoms with Crippen LogP contribution < -0.4 is 5.32 Å². The summed E-state index contributed by atoms with van der Waals surface area (Å²) in [6.45, 7) is 0.627. The van der Waals surface area contributed by atoms with E-state index in [1.807, 2.05) is 0 Å². The van der Waals surface area contributed by atoms with Crippen molar-refractivity contribution < 1.29 is 16.8 Å². The fourth-order valence-corrected chi connectivity index (χ4v) is 9.38. The number of hydrogen-bond acceptors (Lipinski definition) is 6. The Morgan fingerprint density at radius 1 is 1.25 bits per heavy atom. The molecule has 1 aromatic rings. The second-order valence-electron chi connectivity index (χ2n) is 6.51.